The molecule has 0 aliphatic carbocycles. The predicted octanol–water partition coefficient (Wildman–Crippen LogP) is 0.928. The molecule has 1 unspecified atom stereocenters. The second-order valence-corrected chi connectivity index (χ2v) is 7.24. The summed E-state index contributed by atoms with van der Waals surface area (Å²) < 4.78 is 25.5. The highest BCUT2D eigenvalue weighted by molar-refractivity contribution is 7.89. The fraction of sp³-hybridized carbons (Fsp3) is 1.00. The van der Waals surface area contributed by atoms with Crippen LogP contribution in [0.1, 0.15) is 40.0 Å². The maximum Gasteiger partial charge on any atom is 0.216 e. The molecule has 1 saturated heterocycles. The molecule has 4 nitrogen and oxygen atoms in total. The molecule has 0 radical (unpaired) electrons. The van der Waals surface area contributed by atoms with Crippen molar-refractivity contribution in [2.45, 2.75) is 50.8 Å². The van der Waals surface area contributed by atoms with E-state index in [9.17, 15) is 8.42 Å². The highest BCUT2D eigenvalue weighted by Gasteiger charge is 2.36. The van der Waals surface area contributed by atoms with Crippen LogP contribution >= 0.6 is 0 Å². The number of hydrogen-bond acceptors (Lipinski definition) is 3. The molecule has 5 heteroatoms. The third kappa shape index (κ3) is 2.71. The molecule has 0 spiro atoms. The van der Waals surface area contributed by atoms with Crippen molar-refractivity contribution < 1.29 is 8.42 Å². The van der Waals surface area contributed by atoms with Crippen LogP contribution < -0.4 is 5.73 Å². The van der Waals surface area contributed by atoms with Crippen molar-refractivity contribution in [1.29, 1.82) is 0 Å². The molecule has 0 bridgehead atoms. The van der Waals surface area contributed by atoms with E-state index in [1.54, 1.807) is 18.2 Å². The number of hydrogen-bond donors (Lipinski definition) is 1. The van der Waals surface area contributed by atoms with Gasteiger partial charge in [0, 0.05) is 18.6 Å². The van der Waals surface area contributed by atoms with Crippen molar-refractivity contribution in [3.05, 3.63) is 0 Å². The summed E-state index contributed by atoms with van der Waals surface area (Å²) in [5, 5.41) is -0.350. The van der Waals surface area contributed by atoms with Gasteiger partial charge in [-0.2, -0.15) is 4.31 Å². The fourth-order valence-electron chi connectivity index (χ4n) is 1.92. The fourth-order valence-corrected chi connectivity index (χ4v) is 3.34. The molecule has 1 aliphatic heterocycles. The molecule has 15 heavy (non-hydrogen) atoms. The quantitative estimate of drug-likeness (QED) is 0.790. The van der Waals surface area contributed by atoms with Gasteiger partial charge < -0.3 is 5.73 Å². The Morgan fingerprint density at radius 3 is 2.53 bits per heavy atom. The first-order valence-electron chi connectivity index (χ1n) is 5.60. The van der Waals surface area contributed by atoms with Gasteiger partial charge in [0.1, 0.15) is 0 Å². The Morgan fingerprint density at radius 1 is 1.47 bits per heavy atom. The van der Waals surface area contributed by atoms with Gasteiger partial charge in [0.25, 0.3) is 0 Å². The highest BCUT2D eigenvalue weighted by atomic mass is 32.2. The van der Waals surface area contributed by atoms with Crippen molar-refractivity contribution in [3.63, 3.8) is 0 Å². The van der Waals surface area contributed by atoms with E-state index in [4.69, 9.17) is 5.73 Å². The van der Waals surface area contributed by atoms with E-state index in [0.29, 0.717) is 13.1 Å². The van der Waals surface area contributed by atoms with Crippen molar-refractivity contribution in [2.24, 2.45) is 5.73 Å². The van der Waals surface area contributed by atoms with Gasteiger partial charge in [-0.25, -0.2) is 8.42 Å². The van der Waals surface area contributed by atoms with Gasteiger partial charge in [-0.05, 0) is 33.1 Å². The zero-order valence-corrected chi connectivity index (χ0v) is 10.7. The summed E-state index contributed by atoms with van der Waals surface area (Å²) in [4.78, 5) is 0. The van der Waals surface area contributed by atoms with Gasteiger partial charge in [-0.3, -0.25) is 0 Å². The van der Waals surface area contributed by atoms with Gasteiger partial charge in [-0.15, -0.1) is 0 Å². The first kappa shape index (κ1) is 12.9. The van der Waals surface area contributed by atoms with E-state index in [2.05, 4.69) is 0 Å². The Hall–Kier alpha value is -0.130. The molecule has 0 aromatic carbocycles. The third-order valence-electron chi connectivity index (χ3n) is 3.23. The molecule has 1 heterocycles. The van der Waals surface area contributed by atoms with Gasteiger partial charge in [0.15, 0.2) is 0 Å². The number of piperidine rings is 1. The van der Waals surface area contributed by atoms with Crippen LogP contribution in [0.2, 0.25) is 0 Å². The molecule has 1 atom stereocenters. The van der Waals surface area contributed by atoms with Crippen LogP contribution in [0.3, 0.4) is 0 Å². The van der Waals surface area contributed by atoms with Crippen molar-refractivity contribution in [2.75, 3.05) is 13.1 Å². The number of sulfonamides is 1. The number of nitrogens with two attached hydrogens (primary N) is 1. The van der Waals surface area contributed by atoms with Crippen molar-refractivity contribution in [1.82, 2.24) is 4.31 Å². The van der Waals surface area contributed by atoms with Crippen LogP contribution in [0.15, 0.2) is 0 Å². The average molecular weight is 234 g/mol. The van der Waals surface area contributed by atoms with Crippen LogP contribution in [-0.2, 0) is 10.0 Å². The second kappa shape index (κ2) is 4.39. The Bertz CT molecular complexity index is 313. The molecule has 1 rings (SSSR count). The lowest BCUT2D eigenvalue weighted by atomic mass is 9.89. The molecule has 1 fully saturated rings. The molecule has 0 saturated carbocycles. The minimum atomic E-state index is -3.13. The topological polar surface area (TPSA) is 63.4 Å². The van der Waals surface area contributed by atoms with E-state index in [1.165, 1.54) is 0 Å². The molecule has 0 aromatic heterocycles. The third-order valence-corrected chi connectivity index (χ3v) is 5.46. The van der Waals surface area contributed by atoms with Crippen LogP contribution in [0.5, 0.6) is 0 Å². The molecule has 0 aromatic rings. The number of nitrogens with zero attached hydrogens (tertiary/aromatic N) is 1. The Labute approximate surface area is 92.9 Å². The van der Waals surface area contributed by atoms with E-state index in [-0.39, 0.29) is 10.8 Å². The standard InChI is InChI=1S/C10H22N2O2S/c1-4-10(11)6-5-7-12(8-10)15(13,14)9(2)3/h9H,4-8,11H2,1-3H3. The summed E-state index contributed by atoms with van der Waals surface area (Å²) >= 11 is 0. The molecule has 90 valence electrons. The SMILES string of the molecule is CCC1(N)CCCN(S(=O)(=O)C(C)C)C1. The van der Waals surface area contributed by atoms with Gasteiger partial charge in [0.2, 0.25) is 10.0 Å². The maximum atomic E-state index is 12.0. The largest absolute Gasteiger partial charge is 0.324 e. The van der Waals surface area contributed by atoms with Crippen LogP contribution in [0.4, 0.5) is 0 Å². The summed E-state index contributed by atoms with van der Waals surface area (Å²) in [5.74, 6) is 0. The molecular formula is C10H22N2O2S. The molecule has 2 N–H and O–H groups in total. The summed E-state index contributed by atoms with van der Waals surface area (Å²) in [7, 11) is -3.13. The van der Waals surface area contributed by atoms with Gasteiger partial charge in [0.05, 0.1) is 5.25 Å². The molecule has 0 amide bonds. The summed E-state index contributed by atoms with van der Waals surface area (Å²) in [6.45, 7) is 6.55. The van der Waals surface area contributed by atoms with E-state index in [0.717, 1.165) is 19.3 Å². The Morgan fingerprint density at radius 2 is 2.07 bits per heavy atom. The zero-order chi connectivity index (χ0) is 11.7. The zero-order valence-electron chi connectivity index (χ0n) is 9.86. The summed E-state index contributed by atoms with van der Waals surface area (Å²) in [6.07, 6.45) is 2.63. The van der Waals surface area contributed by atoms with Crippen molar-refractivity contribution in [3.8, 4) is 0 Å². The Balaban J connectivity index is 2.81. The summed E-state index contributed by atoms with van der Waals surface area (Å²) in [5.41, 5.74) is 5.82. The van der Waals surface area contributed by atoms with Crippen molar-refractivity contribution >= 4 is 10.0 Å². The smallest absolute Gasteiger partial charge is 0.216 e. The summed E-state index contributed by atoms with van der Waals surface area (Å²) in [6, 6.07) is 0. The van der Waals surface area contributed by atoms with Crippen LogP contribution in [0, 0.1) is 0 Å². The average Bonchev–Trinajstić information content (AvgIpc) is 2.17. The second-order valence-electron chi connectivity index (χ2n) is 4.75. The number of rotatable bonds is 3. The lowest BCUT2D eigenvalue weighted by molar-refractivity contribution is 0.221. The lowest BCUT2D eigenvalue weighted by Gasteiger charge is -2.39. The predicted molar refractivity (Wildman–Crippen MR) is 62.1 cm³/mol. The van der Waals surface area contributed by atoms with E-state index in [1.807, 2.05) is 6.92 Å². The monoisotopic (exact) mass is 234 g/mol. The first-order valence-corrected chi connectivity index (χ1v) is 7.10. The minimum Gasteiger partial charge on any atom is -0.324 e. The maximum absolute atomic E-state index is 12.0. The lowest BCUT2D eigenvalue weighted by Crippen LogP contribution is -2.56. The van der Waals surface area contributed by atoms with E-state index < -0.39 is 10.0 Å². The van der Waals surface area contributed by atoms with Crippen LogP contribution in [0.25, 0.3) is 0 Å². The van der Waals surface area contributed by atoms with Crippen LogP contribution in [-0.4, -0.2) is 36.6 Å². The highest BCUT2D eigenvalue weighted by Crippen LogP contribution is 2.25. The first-order chi connectivity index (χ1) is 6.82. The van der Waals surface area contributed by atoms with Gasteiger partial charge >= 0.3 is 0 Å². The van der Waals surface area contributed by atoms with Gasteiger partial charge in [-0.1, -0.05) is 6.92 Å². The Kier molecular flexibility index (Phi) is 3.79. The van der Waals surface area contributed by atoms with E-state index >= 15 is 0 Å². The minimum absolute atomic E-state index is 0.319. The normalized spacial score (nSPS) is 29.7. The molecular weight excluding hydrogens is 212 g/mol. The molecule has 1 aliphatic rings.